The molecule has 0 saturated carbocycles. The van der Waals surface area contributed by atoms with Crippen molar-refractivity contribution < 1.29 is 14.2 Å². The highest BCUT2D eigenvalue weighted by atomic mass is 79.9. The van der Waals surface area contributed by atoms with Crippen LogP contribution < -0.4 is 4.74 Å². The second-order valence-electron chi connectivity index (χ2n) is 3.49. The number of benzene rings is 1. The molecule has 1 aromatic heterocycles. The average Bonchev–Trinajstić information content (AvgIpc) is 2.38. The van der Waals surface area contributed by atoms with Crippen molar-refractivity contribution in [3.8, 4) is 5.88 Å². The summed E-state index contributed by atoms with van der Waals surface area (Å²) in [5.41, 5.74) is 0.280. The Morgan fingerprint density at radius 2 is 2.06 bits per heavy atom. The van der Waals surface area contributed by atoms with Crippen LogP contribution in [0, 0.1) is 5.82 Å². The van der Waals surface area contributed by atoms with Crippen LogP contribution in [0.15, 0.2) is 35.1 Å². The van der Waals surface area contributed by atoms with Gasteiger partial charge >= 0.3 is 0 Å². The average molecular weight is 313 g/mol. The van der Waals surface area contributed by atoms with Crippen molar-refractivity contribution in [2.24, 2.45) is 0 Å². The fourth-order valence-electron chi connectivity index (χ4n) is 1.59. The first-order valence-electron chi connectivity index (χ1n) is 5.12. The van der Waals surface area contributed by atoms with Crippen LogP contribution in [0.1, 0.15) is 17.4 Å². The maximum absolute atomic E-state index is 13.7. The van der Waals surface area contributed by atoms with Crippen molar-refractivity contribution in [1.29, 1.82) is 0 Å². The molecule has 1 heterocycles. The van der Waals surface area contributed by atoms with E-state index in [4.69, 9.17) is 4.74 Å². The third kappa shape index (κ3) is 2.34. The van der Waals surface area contributed by atoms with Crippen molar-refractivity contribution in [3.63, 3.8) is 0 Å². The summed E-state index contributed by atoms with van der Waals surface area (Å²) < 4.78 is 19.2. The molecule has 94 valence electrons. The van der Waals surface area contributed by atoms with Gasteiger partial charge in [-0.05, 0) is 12.1 Å². The highest BCUT2D eigenvalue weighted by molar-refractivity contribution is 9.10. The molecule has 0 amide bonds. The predicted octanol–water partition coefficient (Wildman–Crippen LogP) is 2.47. The summed E-state index contributed by atoms with van der Waals surface area (Å²) in [4.78, 5) is 7.90. The van der Waals surface area contributed by atoms with Gasteiger partial charge in [-0.3, -0.25) is 4.98 Å². The van der Waals surface area contributed by atoms with Gasteiger partial charge in [0.25, 0.3) is 0 Å². The van der Waals surface area contributed by atoms with Crippen molar-refractivity contribution in [2.75, 3.05) is 7.11 Å². The van der Waals surface area contributed by atoms with E-state index in [-0.39, 0.29) is 17.1 Å². The second-order valence-corrected chi connectivity index (χ2v) is 4.34. The van der Waals surface area contributed by atoms with Crippen molar-refractivity contribution in [2.45, 2.75) is 6.10 Å². The van der Waals surface area contributed by atoms with Gasteiger partial charge in [-0.25, -0.2) is 9.37 Å². The molecule has 1 atom stereocenters. The molecule has 0 fully saturated rings. The van der Waals surface area contributed by atoms with E-state index in [1.807, 2.05) is 0 Å². The van der Waals surface area contributed by atoms with E-state index < -0.39 is 11.9 Å². The predicted molar refractivity (Wildman–Crippen MR) is 66.7 cm³/mol. The van der Waals surface area contributed by atoms with Gasteiger partial charge in [-0.15, -0.1) is 0 Å². The molecule has 2 aromatic rings. The Kier molecular flexibility index (Phi) is 3.88. The summed E-state index contributed by atoms with van der Waals surface area (Å²) in [6, 6.07) is 4.46. The number of aromatic nitrogens is 2. The SMILES string of the molecule is COc1nccnc1C(O)c1c(F)cccc1Br. The standard InChI is InChI=1S/C12H10BrFN2O2/c1-18-12-10(15-5-6-16-12)11(17)9-7(13)3-2-4-8(9)14/h2-6,11,17H,1H3. The van der Waals surface area contributed by atoms with E-state index in [1.54, 1.807) is 12.1 Å². The number of nitrogens with zero attached hydrogens (tertiary/aromatic N) is 2. The van der Waals surface area contributed by atoms with Crippen LogP contribution in [0.4, 0.5) is 4.39 Å². The lowest BCUT2D eigenvalue weighted by atomic mass is 10.1. The van der Waals surface area contributed by atoms with Gasteiger partial charge in [-0.2, -0.15) is 0 Å². The molecule has 1 unspecified atom stereocenters. The summed E-state index contributed by atoms with van der Waals surface area (Å²) >= 11 is 3.20. The molecule has 1 aromatic carbocycles. The molecule has 0 spiro atoms. The summed E-state index contributed by atoms with van der Waals surface area (Å²) in [6.07, 6.45) is 1.60. The van der Waals surface area contributed by atoms with Crippen molar-refractivity contribution in [3.05, 3.63) is 52.1 Å². The molecule has 0 radical (unpaired) electrons. The lowest BCUT2D eigenvalue weighted by molar-refractivity contribution is 0.202. The Morgan fingerprint density at radius 1 is 1.33 bits per heavy atom. The van der Waals surface area contributed by atoms with Gasteiger partial charge in [0.05, 0.1) is 7.11 Å². The van der Waals surface area contributed by atoms with Crippen LogP contribution in [0.5, 0.6) is 5.88 Å². The maximum atomic E-state index is 13.7. The Hall–Kier alpha value is -1.53. The Balaban J connectivity index is 2.51. The number of aliphatic hydroxyl groups excluding tert-OH is 1. The van der Waals surface area contributed by atoms with Crippen LogP contribution in [0.3, 0.4) is 0 Å². The first-order valence-corrected chi connectivity index (χ1v) is 5.91. The largest absolute Gasteiger partial charge is 0.480 e. The molecule has 6 heteroatoms. The van der Waals surface area contributed by atoms with Gasteiger partial charge in [0.15, 0.2) is 0 Å². The molecule has 4 nitrogen and oxygen atoms in total. The minimum absolute atomic E-state index is 0.108. The summed E-state index contributed by atoms with van der Waals surface area (Å²) in [5.74, 6) is -0.357. The molecular formula is C12H10BrFN2O2. The fourth-order valence-corrected chi connectivity index (χ4v) is 2.15. The van der Waals surface area contributed by atoms with Gasteiger partial charge in [0, 0.05) is 22.4 Å². The first-order chi connectivity index (χ1) is 8.65. The van der Waals surface area contributed by atoms with E-state index in [9.17, 15) is 9.50 Å². The first kappa shape index (κ1) is 12.9. The zero-order valence-electron chi connectivity index (χ0n) is 9.47. The lowest BCUT2D eigenvalue weighted by Gasteiger charge is -2.14. The molecule has 2 rings (SSSR count). The second kappa shape index (κ2) is 5.41. The molecule has 0 aliphatic heterocycles. The fraction of sp³-hybridized carbons (Fsp3) is 0.167. The van der Waals surface area contributed by atoms with Gasteiger partial charge in [0.1, 0.15) is 17.6 Å². The Bertz CT molecular complexity index is 545. The Labute approximate surface area is 112 Å². The zero-order chi connectivity index (χ0) is 13.1. The molecule has 0 aliphatic carbocycles. The van der Waals surface area contributed by atoms with E-state index in [2.05, 4.69) is 25.9 Å². The van der Waals surface area contributed by atoms with Crippen LogP contribution in [0.25, 0.3) is 0 Å². The minimum Gasteiger partial charge on any atom is -0.480 e. The van der Waals surface area contributed by atoms with Crippen molar-refractivity contribution >= 4 is 15.9 Å². The van der Waals surface area contributed by atoms with Gasteiger partial charge < -0.3 is 9.84 Å². The molecule has 0 bridgehead atoms. The van der Waals surface area contributed by atoms with Gasteiger partial charge in [-0.1, -0.05) is 22.0 Å². The normalized spacial score (nSPS) is 12.2. The third-order valence-electron chi connectivity index (χ3n) is 2.42. The molecule has 1 N–H and O–H groups in total. The van der Waals surface area contributed by atoms with E-state index in [0.717, 1.165) is 0 Å². The van der Waals surface area contributed by atoms with E-state index in [0.29, 0.717) is 4.47 Å². The van der Waals surface area contributed by atoms with Gasteiger partial charge in [0.2, 0.25) is 5.88 Å². The molecular weight excluding hydrogens is 303 g/mol. The van der Waals surface area contributed by atoms with Crippen LogP contribution >= 0.6 is 15.9 Å². The third-order valence-corrected chi connectivity index (χ3v) is 3.11. The van der Waals surface area contributed by atoms with Crippen molar-refractivity contribution in [1.82, 2.24) is 9.97 Å². The zero-order valence-corrected chi connectivity index (χ0v) is 11.1. The lowest BCUT2D eigenvalue weighted by Crippen LogP contribution is -2.08. The minimum atomic E-state index is -1.25. The smallest absolute Gasteiger partial charge is 0.238 e. The van der Waals surface area contributed by atoms with E-state index in [1.165, 1.54) is 25.6 Å². The van der Waals surface area contributed by atoms with E-state index >= 15 is 0 Å². The summed E-state index contributed by atoms with van der Waals surface area (Å²) in [5, 5.41) is 10.2. The van der Waals surface area contributed by atoms with Crippen LogP contribution in [-0.4, -0.2) is 22.2 Å². The highest BCUT2D eigenvalue weighted by Gasteiger charge is 2.23. The topological polar surface area (TPSA) is 55.2 Å². The number of rotatable bonds is 3. The quantitative estimate of drug-likeness (QED) is 0.946. The number of aliphatic hydroxyl groups is 1. The summed E-state index contributed by atoms with van der Waals surface area (Å²) in [6.45, 7) is 0. The number of halogens is 2. The number of hydrogen-bond acceptors (Lipinski definition) is 4. The summed E-state index contributed by atoms with van der Waals surface area (Å²) in [7, 11) is 1.41. The maximum Gasteiger partial charge on any atom is 0.238 e. The molecule has 18 heavy (non-hydrogen) atoms. The Morgan fingerprint density at radius 3 is 2.72 bits per heavy atom. The number of ether oxygens (including phenoxy) is 1. The monoisotopic (exact) mass is 312 g/mol. The number of methoxy groups -OCH3 is 1. The molecule has 0 aliphatic rings. The van der Waals surface area contributed by atoms with Crippen LogP contribution in [-0.2, 0) is 0 Å². The highest BCUT2D eigenvalue weighted by Crippen LogP contribution is 2.32. The molecule has 0 saturated heterocycles. The van der Waals surface area contributed by atoms with Crippen LogP contribution in [0.2, 0.25) is 0 Å². The number of hydrogen-bond donors (Lipinski definition) is 1.